The smallest absolute Gasteiger partial charge is 0.326 e. The van der Waals surface area contributed by atoms with Crippen molar-refractivity contribution in [3.8, 4) is 11.5 Å². The van der Waals surface area contributed by atoms with Crippen molar-refractivity contribution in [3.05, 3.63) is 68.6 Å². The van der Waals surface area contributed by atoms with E-state index in [1.54, 1.807) is 44.2 Å². The SMILES string of the molecule is COc1ccc(/C=C2\SC(=O)N(CC(=O)OC(C)C)C2=O)cc1OCc1ccc([N+](=O)[O-])cc1. The molecule has 1 heterocycles. The Morgan fingerprint density at radius 1 is 1.15 bits per heavy atom. The fraction of sp³-hybridized carbons (Fsp3) is 0.261. The predicted molar refractivity (Wildman–Crippen MR) is 124 cm³/mol. The first-order valence-corrected chi connectivity index (χ1v) is 11.0. The van der Waals surface area contributed by atoms with E-state index in [-0.39, 0.29) is 23.3 Å². The number of thioether (sulfide) groups is 1. The van der Waals surface area contributed by atoms with Crippen molar-refractivity contribution in [2.24, 2.45) is 0 Å². The molecule has 0 atom stereocenters. The number of ether oxygens (including phenoxy) is 3. The van der Waals surface area contributed by atoms with Gasteiger partial charge in [0.15, 0.2) is 11.5 Å². The number of nitro benzene ring substituents is 1. The van der Waals surface area contributed by atoms with Gasteiger partial charge in [0.1, 0.15) is 13.2 Å². The van der Waals surface area contributed by atoms with Crippen LogP contribution < -0.4 is 9.47 Å². The summed E-state index contributed by atoms with van der Waals surface area (Å²) in [5.74, 6) is -0.414. The Balaban J connectivity index is 1.74. The number of nitro groups is 1. The van der Waals surface area contributed by atoms with Gasteiger partial charge in [-0.3, -0.25) is 29.4 Å². The van der Waals surface area contributed by atoms with E-state index >= 15 is 0 Å². The van der Waals surface area contributed by atoms with Crippen molar-refractivity contribution in [1.29, 1.82) is 0 Å². The summed E-state index contributed by atoms with van der Waals surface area (Å²) in [6.45, 7) is 3.03. The quantitative estimate of drug-likeness (QED) is 0.222. The van der Waals surface area contributed by atoms with Crippen molar-refractivity contribution in [3.63, 3.8) is 0 Å². The molecule has 1 saturated heterocycles. The van der Waals surface area contributed by atoms with E-state index in [2.05, 4.69) is 0 Å². The van der Waals surface area contributed by atoms with Crippen molar-refractivity contribution in [2.45, 2.75) is 26.6 Å². The van der Waals surface area contributed by atoms with Crippen LogP contribution in [0.15, 0.2) is 47.4 Å². The van der Waals surface area contributed by atoms with Crippen LogP contribution >= 0.6 is 11.8 Å². The molecule has 1 aliphatic rings. The first-order chi connectivity index (χ1) is 16.2. The van der Waals surface area contributed by atoms with E-state index in [0.717, 1.165) is 16.7 Å². The number of carbonyl (C=O) groups is 3. The summed E-state index contributed by atoms with van der Waals surface area (Å²) in [5, 5.41) is 10.2. The number of amides is 2. The molecule has 0 spiro atoms. The average Bonchev–Trinajstić information content (AvgIpc) is 3.04. The maximum Gasteiger partial charge on any atom is 0.326 e. The highest BCUT2D eigenvalue weighted by Crippen LogP contribution is 2.35. The number of non-ortho nitro benzene ring substituents is 1. The molecule has 11 heteroatoms. The molecular weight excluding hydrogens is 464 g/mol. The first-order valence-electron chi connectivity index (χ1n) is 10.2. The Bertz CT molecular complexity index is 1140. The number of methoxy groups -OCH3 is 1. The second-order valence-corrected chi connectivity index (χ2v) is 8.42. The summed E-state index contributed by atoms with van der Waals surface area (Å²) in [7, 11) is 1.48. The maximum atomic E-state index is 12.6. The van der Waals surface area contributed by atoms with Gasteiger partial charge in [0.05, 0.1) is 23.0 Å². The van der Waals surface area contributed by atoms with Gasteiger partial charge in [-0.1, -0.05) is 6.07 Å². The highest BCUT2D eigenvalue weighted by molar-refractivity contribution is 8.18. The van der Waals surface area contributed by atoms with Crippen LogP contribution in [-0.4, -0.2) is 46.7 Å². The lowest BCUT2D eigenvalue weighted by Gasteiger charge is -2.13. The third-order valence-electron chi connectivity index (χ3n) is 4.55. The van der Waals surface area contributed by atoms with E-state index in [9.17, 15) is 24.5 Å². The van der Waals surface area contributed by atoms with Crippen LogP contribution in [-0.2, 0) is 20.9 Å². The molecule has 34 heavy (non-hydrogen) atoms. The molecule has 0 aliphatic carbocycles. The molecule has 10 nitrogen and oxygen atoms in total. The van der Waals surface area contributed by atoms with E-state index in [4.69, 9.17) is 14.2 Å². The van der Waals surface area contributed by atoms with Gasteiger partial charge in [0.25, 0.3) is 16.8 Å². The zero-order valence-electron chi connectivity index (χ0n) is 18.7. The molecule has 0 unspecified atom stereocenters. The second-order valence-electron chi connectivity index (χ2n) is 7.43. The van der Waals surface area contributed by atoms with Crippen LogP contribution in [0.5, 0.6) is 11.5 Å². The summed E-state index contributed by atoms with van der Waals surface area (Å²) >= 11 is 0.731. The third kappa shape index (κ3) is 6.13. The molecule has 0 radical (unpaired) electrons. The van der Waals surface area contributed by atoms with Crippen LogP contribution in [0.1, 0.15) is 25.0 Å². The number of benzene rings is 2. The van der Waals surface area contributed by atoms with Gasteiger partial charge < -0.3 is 14.2 Å². The van der Waals surface area contributed by atoms with Gasteiger partial charge in [-0.2, -0.15) is 0 Å². The molecular formula is C23H22N2O8S. The molecule has 2 amide bonds. The fourth-order valence-corrected chi connectivity index (χ4v) is 3.83. The summed E-state index contributed by atoms with van der Waals surface area (Å²) in [6, 6.07) is 11.0. The topological polar surface area (TPSA) is 125 Å². The monoisotopic (exact) mass is 486 g/mol. The zero-order chi connectivity index (χ0) is 24.8. The van der Waals surface area contributed by atoms with Gasteiger partial charge in [-0.05, 0) is 67.1 Å². The summed E-state index contributed by atoms with van der Waals surface area (Å²) in [5.41, 5.74) is 1.27. The lowest BCUT2D eigenvalue weighted by Crippen LogP contribution is -2.35. The molecule has 0 aromatic heterocycles. The Hall–Kier alpha value is -3.86. The highest BCUT2D eigenvalue weighted by atomic mass is 32.2. The lowest BCUT2D eigenvalue weighted by molar-refractivity contribution is -0.384. The molecule has 3 rings (SSSR count). The van der Waals surface area contributed by atoms with Crippen LogP contribution in [0.3, 0.4) is 0 Å². The molecule has 178 valence electrons. The first kappa shape index (κ1) is 24.8. The Kier molecular flexibility index (Phi) is 7.90. The molecule has 0 bridgehead atoms. The fourth-order valence-electron chi connectivity index (χ4n) is 2.99. The van der Waals surface area contributed by atoms with Crippen LogP contribution in [0.2, 0.25) is 0 Å². The highest BCUT2D eigenvalue weighted by Gasteiger charge is 2.36. The number of hydrogen-bond acceptors (Lipinski definition) is 9. The maximum absolute atomic E-state index is 12.6. The van der Waals surface area contributed by atoms with Gasteiger partial charge in [0, 0.05) is 12.1 Å². The normalized spacial score (nSPS) is 14.6. The zero-order valence-corrected chi connectivity index (χ0v) is 19.5. The van der Waals surface area contributed by atoms with Crippen molar-refractivity contribution in [2.75, 3.05) is 13.7 Å². The van der Waals surface area contributed by atoms with Crippen LogP contribution in [0.25, 0.3) is 6.08 Å². The minimum absolute atomic E-state index is 0.0188. The average molecular weight is 487 g/mol. The molecule has 2 aromatic rings. The Morgan fingerprint density at radius 2 is 1.85 bits per heavy atom. The lowest BCUT2D eigenvalue weighted by atomic mass is 10.1. The largest absolute Gasteiger partial charge is 0.493 e. The molecule has 1 aliphatic heterocycles. The summed E-state index contributed by atoms with van der Waals surface area (Å²) < 4.78 is 16.2. The van der Waals surface area contributed by atoms with Crippen molar-refractivity contribution in [1.82, 2.24) is 4.90 Å². The summed E-state index contributed by atoms with van der Waals surface area (Å²) in [6.07, 6.45) is 1.17. The van der Waals surface area contributed by atoms with Crippen LogP contribution in [0.4, 0.5) is 10.5 Å². The van der Waals surface area contributed by atoms with Crippen molar-refractivity contribution < 1.29 is 33.5 Å². The molecule has 2 aromatic carbocycles. The Morgan fingerprint density at radius 3 is 2.47 bits per heavy atom. The van der Waals surface area contributed by atoms with Gasteiger partial charge in [-0.15, -0.1) is 0 Å². The number of esters is 1. The van der Waals surface area contributed by atoms with E-state index in [0.29, 0.717) is 22.6 Å². The number of rotatable bonds is 9. The second kappa shape index (κ2) is 10.8. The van der Waals surface area contributed by atoms with Gasteiger partial charge in [-0.25, -0.2) is 0 Å². The predicted octanol–water partition coefficient (Wildman–Crippen LogP) is 4.17. The standard InChI is InChI=1S/C23H22N2O8S/c1-14(2)33-21(26)12-24-22(27)20(34-23(24)28)11-16-6-9-18(31-3)19(10-16)32-13-15-4-7-17(8-5-15)25(29)30/h4-11,14H,12-13H2,1-3H3/b20-11-. The number of carbonyl (C=O) groups excluding carboxylic acids is 3. The Labute approximate surface area is 199 Å². The number of hydrogen-bond donors (Lipinski definition) is 0. The van der Waals surface area contributed by atoms with Gasteiger partial charge in [0.2, 0.25) is 0 Å². The van der Waals surface area contributed by atoms with Gasteiger partial charge >= 0.3 is 5.97 Å². The van der Waals surface area contributed by atoms with E-state index in [1.165, 1.54) is 25.3 Å². The number of nitrogens with zero attached hydrogens (tertiary/aromatic N) is 2. The van der Waals surface area contributed by atoms with E-state index in [1.807, 2.05) is 0 Å². The minimum Gasteiger partial charge on any atom is -0.493 e. The third-order valence-corrected chi connectivity index (χ3v) is 5.46. The summed E-state index contributed by atoms with van der Waals surface area (Å²) in [4.78, 5) is 48.1. The van der Waals surface area contributed by atoms with Crippen molar-refractivity contribution >= 4 is 40.6 Å². The molecule has 0 N–H and O–H groups in total. The van der Waals surface area contributed by atoms with Crippen LogP contribution in [0, 0.1) is 10.1 Å². The van der Waals surface area contributed by atoms with E-state index < -0.39 is 28.6 Å². The number of imide groups is 1. The molecule has 1 fully saturated rings. The minimum atomic E-state index is -0.662. The molecule has 0 saturated carbocycles.